The lowest BCUT2D eigenvalue weighted by molar-refractivity contribution is -0.144. The van der Waals surface area contributed by atoms with E-state index in [2.05, 4.69) is 37.1 Å². The highest BCUT2D eigenvalue weighted by molar-refractivity contribution is 6.01. The molecule has 4 aliphatic carbocycles. The summed E-state index contributed by atoms with van der Waals surface area (Å²) in [5.74, 6) is 3.07. The lowest BCUT2D eigenvalue weighted by Gasteiger charge is -2.50. The minimum absolute atomic E-state index is 0.126. The average Bonchev–Trinajstić information content (AvgIpc) is 3.12. The third-order valence-electron chi connectivity index (χ3n) is 8.92. The standard InChI is InChI=1S/C26H28O3/c1-4-7-17-16-20(27)21-22(23(17)28)26(18-8-10-19(29-3)11-9-18)15-14-25(21)13-6-5-12-24(25,26)2/h1,8-11,14-15,17,21-22H,5-7,12-13,16H2,2-3H3/t17-,21-,22-,24-,25+,26+/m0/s1. The van der Waals surface area contributed by atoms with E-state index in [1.54, 1.807) is 7.11 Å². The summed E-state index contributed by atoms with van der Waals surface area (Å²) in [6, 6.07) is 8.16. The maximum Gasteiger partial charge on any atom is 0.142 e. The van der Waals surface area contributed by atoms with Gasteiger partial charge in [0.15, 0.2) is 0 Å². The maximum atomic E-state index is 13.8. The molecule has 0 unspecified atom stereocenters. The summed E-state index contributed by atoms with van der Waals surface area (Å²) in [5.41, 5.74) is 0.364. The van der Waals surface area contributed by atoms with Crippen molar-refractivity contribution >= 4 is 11.6 Å². The number of carbonyl (C=O) groups excluding carboxylic acids is 2. The Morgan fingerprint density at radius 1 is 1.10 bits per heavy atom. The van der Waals surface area contributed by atoms with E-state index in [0.29, 0.717) is 12.8 Å². The summed E-state index contributed by atoms with van der Waals surface area (Å²) < 4.78 is 5.37. The molecule has 0 heterocycles. The molecule has 150 valence electrons. The van der Waals surface area contributed by atoms with Crippen LogP contribution in [0.1, 0.15) is 51.0 Å². The molecule has 3 nitrogen and oxygen atoms in total. The Bertz CT molecular complexity index is 951. The summed E-state index contributed by atoms with van der Waals surface area (Å²) in [6.07, 6.45) is 15.2. The second-order valence-electron chi connectivity index (χ2n) is 9.64. The van der Waals surface area contributed by atoms with Gasteiger partial charge in [0.2, 0.25) is 0 Å². The Hall–Kier alpha value is -2.34. The van der Waals surface area contributed by atoms with Crippen molar-refractivity contribution in [3.8, 4) is 18.1 Å². The molecule has 0 N–H and O–H groups in total. The molecule has 0 saturated heterocycles. The molecule has 3 heteroatoms. The number of methoxy groups -OCH3 is 1. The van der Waals surface area contributed by atoms with E-state index < -0.39 is 5.41 Å². The fourth-order valence-corrected chi connectivity index (χ4v) is 7.70. The highest BCUT2D eigenvalue weighted by Gasteiger charge is 2.79. The molecular formula is C26H28O3. The highest BCUT2D eigenvalue weighted by atomic mass is 16.5. The Morgan fingerprint density at radius 3 is 2.52 bits per heavy atom. The van der Waals surface area contributed by atoms with Gasteiger partial charge in [-0.15, -0.1) is 12.3 Å². The minimum Gasteiger partial charge on any atom is -0.497 e. The van der Waals surface area contributed by atoms with Crippen LogP contribution >= 0.6 is 0 Å². The summed E-state index contributed by atoms with van der Waals surface area (Å²) >= 11 is 0. The normalized spacial score (nSPS) is 42.3. The number of Topliss-reactive ketones (excluding diaryl/α,β-unsaturated/α-hetero) is 2. The van der Waals surface area contributed by atoms with Crippen molar-refractivity contribution in [2.75, 3.05) is 7.11 Å². The smallest absolute Gasteiger partial charge is 0.142 e. The van der Waals surface area contributed by atoms with Crippen LogP contribution in [0.5, 0.6) is 5.75 Å². The molecule has 6 atom stereocenters. The number of carbonyl (C=O) groups is 2. The van der Waals surface area contributed by atoms with Crippen molar-refractivity contribution < 1.29 is 14.3 Å². The van der Waals surface area contributed by atoms with Gasteiger partial charge in [0.1, 0.15) is 17.3 Å². The summed E-state index contributed by atoms with van der Waals surface area (Å²) in [6.45, 7) is 2.34. The monoisotopic (exact) mass is 388 g/mol. The SMILES string of the molecule is C#CC[C@H]1CC(=O)[C@H]2[C@@H](C1=O)[C@]1(c3ccc(OC)cc3)C=C[C@]23CCCC[C@@]31C. The number of hydrogen-bond acceptors (Lipinski definition) is 3. The molecular weight excluding hydrogens is 360 g/mol. The van der Waals surface area contributed by atoms with Gasteiger partial charge in [-0.1, -0.05) is 44.1 Å². The molecule has 1 aromatic carbocycles. The molecule has 1 aromatic rings. The van der Waals surface area contributed by atoms with E-state index in [1.165, 1.54) is 0 Å². The van der Waals surface area contributed by atoms with E-state index in [1.807, 2.05) is 12.1 Å². The van der Waals surface area contributed by atoms with Gasteiger partial charge in [0.25, 0.3) is 0 Å². The van der Waals surface area contributed by atoms with Gasteiger partial charge in [-0.25, -0.2) is 0 Å². The molecule has 0 aliphatic heterocycles. The van der Waals surface area contributed by atoms with E-state index in [-0.39, 0.29) is 40.2 Å². The minimum atomic E-state index is -0.440. The molecule has 5 rings (SSSR count). The summed E-state index contributed by atoms with van der Waals surface area (Å²) in [7, 11) is 1.66. The average molecular weight is 389 g/mol. The highest BCUT2D eigenvalue weighted by Crippen LogP contribution is 2.79. The Kier molecular flexibility index (Phi) is 3.92. The Balaban J connectivity index is 1.75. The van der Waals surface area contributed by atoms with Crippen LogP contribution < -0.4 is 4.74 Å². The number of ketones is 2. The quantitative estimate of drug-likeness (QED) is 0.566. The second kappa shape index (κ2) is 6.08. The van der Waals surface area contributed by atoms with Gasteiger partial charge in [0, 0.05) is 41.4 Å². The Morgan fingerprint density at radius 2 is 1.83 bits per heavy atom. The van der Waals surface area contributed by atoms with Crippen LogP contribution in [0.3, 0.4) is 0 Å². The molecule has 3 saturated carbocycles. The molecule has 3 fully saturated rings. The van der Waals surface area contributed by atoms with E-state index in [0.717, 1.165) is 37.0 Å². The van der Waals surface area contributed by atoms with Gasteiger partial charge in [-0.2, -0.15) is 0 Å². The van der Waals surface area contributed by atoms with Crippen LogP contribution in [0, 0.1) is 40.9 Å². The zero-order valence-electron chi connectivity index (χ0n) is 17.2. The van der Waals surface area contributed by atoms with Crippen LogP contribution in [-0.2, 0) is 15.0 Å². The number of hydrogen-bond donors (Lipinski definition) is 0. The third-order valence-corrected chi connectivity index (χ3v) is 8.92. The number of terminal acetylenes is 1. The van der Waals surface area contributed by atoms with Crippen LogP contribution in [-0.4, -0.2) is 18.7 Å². The first-order valence-corrected chi connectivity index (χ1v) is 10.8. The van der Waals surface area contributed by atoms with E-state index in [4.69, 9.17) is 11.2 Å². The van der Waals surface area contributed by atoms with Crippen molar-refractivity contribution in [1.82, 2.24) is 0 Å². The second-order valence-corrected chi connectivity index (χ2v) is 9.64. The van der Waals surface area contributed by atoms with E-state index >= 15 is 0 Å². The molecule has 4 aliphatic rings. The van der Waals surface area contributed by atoms with E-state index in [9.17, 15) is 9.59 Å². The first-order chi connectivity index (χ1) is 13.9. The first-order valence-electron chi connectivity index (χ1n) is 10.8. The first kappa shape index (κ1) is 18.7. The zero-order chi connectivity index (χ0) is 20.4. The van der Waals surface area contributed by atoms with Gasteiger partial charge in [0.05, 0.1) is 7.11 Å². The van der Waals surface area contributed by atoms with Gasteiger partial charge >= 0.3 is 0 Å². The van der Waals surface area contributed by atoms with Gasteiger partial charge in [-0.05, 0) is 36.0 Å². The number of fused-ring (bicyclic) bond motifs is 2. The van der Waals surface area contributed by atoms with Crippen molar-refractivity contribution in [3.63, 3.8) is 0 Å². The van der Waals surface area contributed by atoms with Crippen LogP contribution in [0.15, 0.2) is 36.4 Å². The largest absolute Gasteiger partial charge is 0.497 e. The van der Waals surface area contributed by atoms with Crippen LogP contribution in [0.2, 0.25) is 0 Å². The molecule has 0 amide bonds. The van der Waals surface area contributed by atoms with Gasteiger partial charge in [-0.3, -0.25) is 9.59 Å². The van der Waals surface area contributed by atoms with Crippen LogP contribution in [0.25, 0.3) is 0 Å². The fraction of sp³-hybridized carbons (Fsp3) is 0.538. The molecule has 2 bridgehead atoms. The zero-order valence-corrected chi connectivity index (χ0v) is 17.2. The van der Waals surface area contributed by atoms with Crippen LogP contribution in [0.4, 0.5) is 0 Å². The van der Waals surface area contributed by atoms with Crippen molar-refractivity contribution in [3.05, 3.63) is 42.0 Å². The number of rotatable bonds is 3. The predicted octanol–water partition coefficient (Wildman–Crippen LogP) is 4.50. The van der Waals surface area contributed by atoms with Gasteiger partial charge < -0.3 is 4.74 Å². The maximum absolute atomic E-state index is 13.8. The molecule has 0 aromatic heterocycles. The summed E-state index contributed by atoms with van der Waals surface area (Å²) in [5, 5.41) is 0. The molecule has 29 heavy (non-hydrogen) atoms. The fourth-order valence-electron chi connectivity index (χ4n) is 7.70. The number of ether oxygens (including phenoxy) is 1. The van der Waals surface area contributed by atoms with Crippen molar-refractivity contribution in [2.45, 2.75) is 50.9 Å². The predicted molar refractivity (Wildman–Crippen MR) is 111 cm³/mol. The molecule has 0 spiro atoms. The number of allylic oxidation sites excluding steroid dienone is 2. The third kappa shape index (κ3) is 2.00. The lowest BCUT2D eigenvalue weighted by Crippen LogP contribution is -2.50. The Labute approximate surface area is 172 Å². The van der Waals surface area contributed by atoms with Crippen molar-refractivity contribution in [2.24, 2.45) is 28.6 Å². The lowest BCUT2D eigenvalue weighted by atomic mass is 9.52. The van der Waals surface area contributed by atoms with Crippen molar-refractivity contribution in [1.29, 1.82) is 0 Å². The molecule has 0 radical (unpaired) electrons. The topological polar surface area (TPSA) is 43.4 Å². The number of benzene rings is 1. The summed E-state index contributed by atoms with van der Waals surface area (Å²) in [4.78, 5) is 27.3.